The summed E-state index contributed by atoms with van der Waals surface area (Å²) in [4.78, 5) is 2.18. The van der Waals surface area contributed by atoms with E-state index in [9.17, 15) is 9.50 Å². The number of hydrogen-bond donors (Lipinski definition) is 1. The van der Waals surface area contributed by atoms with Crippen LogP contribution in [0.1, 0.15) is 18.4 Å². The minimum absolute atomic E-state index is 0.139. The van der Waals surface area contributed by atoms with Crippen molar-refractivity contribution in [1.29, 1.82) is 0 Å². The first-order valence-corrected chi connectivity index (χ1v) is 6.22. The quantitative estimate of drug-likeness (QED) is 0.880. The maximum Gasteiger partial charge on any atom is 0.142 e. The third-order valence-corrected chi connectivity index (χ3v) is 3.89. The van der Waals surface area contributed by atoms with Crippen molar-refractivity contribution in [3.63, 3.8) is 0 Å². The molecule has 0 radical (unpaired) electrons. The minimum Gasteiger partial charge on any atom is -0.389 e. The third kappa shape index (κ3) is 2.97. The second-order valence-corrected chi connectivity index (χ2v) is 5.30. The lowest BCUT2D eigenvalue weighted by Gasteiger charge is -2.36. The molecule has 1 fully saturated rings. The van der Waals surface area contributed by atoms with Crippen molar-refractivity contribution in [1.82, 2.24) is 4.90 Å². The average molecular weight is 258 g/mol. The average Bonchev–Trinajstić information content (AvgIpc) is 2.30. The van der Waals surface area contributed by atoms with Crippen LogP contribution in [-0.4, -0.2) is 35.7 Å². The van der Waals surface area contributed by atoms with Crippen molar-refractivity contribution in [3.8, 4) is 0 Å². The lowest BCUT2D eigenvalue weighted by Crippen LogP contribution is -2.44. The molecule has 0 unspecified atom stereocenters. The second kappa shape index (κ2) is 4.92. The van der Waals surface area contributed by atoms with Gasteiger partial charge in [0, 0.05) is 19.5 Å². The minimum atomic E-state index is -0.746. The number of rotatable bonds is 2. The van der Waals surface area contributed by atoms with Gasteiger partial charge in [-0.2, -0.15) is 0 Å². The van der Waals surface area contributed by atoms with E-state index in [4.69, 9.17) is 11.6 Å². The highest BCUT2D eigenvalue weighted by atomic mass is 35.5. The van der Waals surface area contributed by atoms with Crippen LogP contribution in [0.4, 0.5) is 4.39 Å². The lowest BCUT2D eigenvalue weighted by molar-refractivity contribution is -0.0150. The predicted molar refractivity (Wildman–Crippen MR) is 66.8 cm³/mol. The molecule has 1 aromatic rings. The monoisotopic (exact) mass is 257 g/mol. The molecule has 1 N–H and O–H groups in total. The molecule has 1 aliphatic rings. The second-order valence-electron chi connectivity index (χ2n) is 4.92. The molecular weight excluding hydrogens is 241 g/mol. The van der Waals surface area contributed by atoms with Gasteiger partial charge >= 0.3 is 0 Å². The van der Waals surface area contributed by atoms with Gasteiger partial charge in [-0.1, -0.05) is 23.7 Å². The molecule has 0 aromatic heterocycles. The van der Waals surface area contributed by atoms with E-state index in [1.54, 1.807) is 12.1 Å². The van der Waals surface area contributed by atoms with Gasteiger partial charge in [-0.05, 0) is 31.5 Å². The Bertz CT molecular complexity index is 402. The summed E-state index contributed by atoms with van der Waals surface area (Å²) in [6, 6.07) is 4.75. The summed E-state index contributed by atoms with van der Waals surface area (Å²) in [5.74, 6) is -0.416. The zero-order chi connectivity index (χ0) is 12.5. The summed E-state index contributed by atoms with van der Waals surface area (Å²) < 4.78 is 13.3. The first-order chi connectivity index (χ1) is 8.00. The summed E-state index contributed by atoms with van der Waals surface area (Å²) >= 11 is 5.91. The Kier molecular flexibility index (Phi) is 3.71. The molecule has 1 saturated heterocycles. The normalized spacial score (nSPS) is 20.5. The molecule has 4 heteroatoms. The van der Waals surface area contributed by atoms with E-state index in [1.165, 1.54) is 6.07 Å². The fraction of sp³-hybridized carbons (Fsp3) is 0.538. The number of benzene rings is 1. The molecule has 94 valence electrons. The summed E-state index contributed by atoms with van der Waals surface area (Å²) in [5.41, 5.74) is -0.0528. The van der Waals surface area contributed by atoms with Gasteiger partial charge in [-0.15, -0.1) is 0 Å². The maximum absolute atomic E-state index is 13.3. The van der Waals surface area contributed by atoms with Crippen LogP contribution in [0.15, 0.2) is 18.2 Å². The SMILES string of the molecule is CN1CCC(O)(Cc2cccc(F)c2Cl)CC1. The fourth-order valence-electron chi connectivity index (χ4n) is 2.25. The Morgan fingerprint density at radius 1 is 1.41 bits per heavy atom. The number of hydrogen-bond acceptors (Lipinski definition) is 2. The number of aliphatic hydroxyl groups is 1. The van der Waals surface area contributed by atoms with Crippen LogP contribution in [-0.2, 0) is 6.42 Å². The molecule has 2 nitrogen and oxygen atoms in total. The van der Waals surface area contributed by atoms with Crippen molar-refractivity contribution in [3.05, 3.63) is 34.6 Å². The van der Waals surface area contributed by atoms with Gasteiger partial charge in [0.2, 0.25) is 0 Å². The maximum atomic E-state index is 13.3. The van der Waals surface area contributed by atoms with Crippen LogP contribution in [0, 0.1) is 5.82 Å². The number of halogens is 2. The smallest absolute Gasteiger partial charge is 0.142 e. The molecule has 2 rings (SSSR count). The largest absolute Gasteiger partial charge is 0.389 e. The van der Waals surface area contributed by atoms with E-state index in [1.807, 2.05) is 7.05 Å². The highest BCUT2D eigenvalue weighted by Gasteiger charge is 2.32. The van der Waals surface area contributed by atoms with Gasteiger partial charge < -0.3 is 10.0 Å². The highest BCUT2D eigenvalue weighted by Crippen LogP contribution is 2.29. The number of nitrogens with zero attached hydrogens (tertiary/aromatic N) is 1. The summed E-state index contributed by atoms with van der Waals surface area (Å²) in [6.07, 6.45) is 1.84. The van der Waals surface area contributed by atoms with Gasteiger partial charge in [-0.25, -0.2) is 4.39 Å². The molecule has 17 heavy (non-hydrogen) atoms. The van der Waals surface area contributed by atoms with Crippen LogP contribution in [0.25, 0.3) is 0 Å². The van der Waals surface area contributed by atoms with E-state index in [0.717, 1.165) is 13.1 Å². The number of likely N-dealkylation sites (tertiary alicyclic amines) is 1. The topological polar surface area (TPSA) is 23.5 Å². The zero-order valence-electron chi connectivity index (χ0n) is 9.92. The summed E-state index contributed by atoms with van der Waals surface area (Å²) in [7, 11) is 2.04. The fourth-order valence-corrected chi connectivity index (χ4v) is 2.44. The molecule has 0 bridgehead atoms. The van der Waals surface area contributed by atoms with Gasteiger partial charge in [0.15, 0.2) is 0 Å². The Morgan fingerprint density at radius 3 is 2.71 bits per heavy atom. The standard InChI is InChI=1S/C13H17ClFNO/c1-16-7-5-13(17,6-8-16)9-10-3-2-4-11(15)12(10)14/h2-4,17H,5-9H2,1H3. The highest BCUT2D eigenvalue weighted by molar-refractivity contribution is 6.31. The Labute approximate surface area is 106 Å². The van der Waals surface area contributed by atoms with Gasteiger partial charge in [0.1, 0.15) is 5.82 Å². The molecule has 1 heterocycles. The first kappa shape index (κ1) is 12.8. The molecule has 0 spiro atoms. The van der Waals surface area contributed by atoms with Crippen LogP contribution in [0.5, 0.6) is 0 Å². The molecule has 0 aliphatic carbocycles. The molecule has 0 atom stereocenters. The zero-order valence-corrected chi connectivity index (χ0v) is 10.7. The van der Waals surface area contributed by atoms with E-state index in [-0.39, 0.29) is 5.02 Å². The third-order valence-electron chi connectivity index (χ3n) is 3.47. The molecule has 0 amide bonds. The molecular formula is C13H17ClFNO. The van der Waals surface area contributed by atoms with Crippen LogP contribution >= 0.6 is 11.6 Å². The van der Waals surface area contributed by atoms with E-state index >= 15 is 0 Å². The van der Waals surface area contributed by atoms with Crippen molar-refractivity contribution < 1.29 is 9.50 Å². The van der Waals surface area contributed by atoms with E-state index in [2.05, 4.69) is 4.90 Å². The molecule has 0 saturated carbocycles. The summed E-state index contributed by atoms with van der Waals surface area (Å²) in [6.45, 7) is 1.73. The Hall–Kier alpha value is -0.640. The Balaban J connectivity index is 2.12. The van der Waals surface area contributed by atoms with Crippen LogP contribution in [0.3, 0.4) is 0 Å². The van der Waals surface area contributed by atoms with Gasteiger partial charge in [-0.3, -0.25) is 0 Å². The molecule has 1 aliphatic heterocycles. The number of piperidine rings is 1. The van der Waals surface area contributed by atoms with Crippen LogP contribution < -0.4 is 0 Å². The molecule has 1 aromatic carbocycles. The van der Waals surface area contributed by atoms with Crippen molar-refractivity contribution >= 4 is 11.6 Å². The predicted octanol–water partition coefficient (Wildman–Crippen LogP) is 2.48. The Morgan fingerprint density at radius 2 is 2.06 bits per heavy atom. The first-order valence-electron chi connectivity index (χ1n) is 5.84. The van der Waals surface area contributed by atoms with Gasteiger partial charge in [0.25, 0.3) is 0 Å². The van der Waals surface area contributed by atoms with Gasteiger partial charge in [0.05, 0.1) is 10.6 Å². The summed E-state index contributed by atoms with van der Waals surface area (Å²) in [5, 5.41) is 10.6. The van der Waals surface area contributed by atoms with Crippen molar-refractivity contribution in [2.75, 3.05) is 20.1 Å². The van der Waals surface area contributed by atoms with Crippen molar-refractivity contribution in [2.45, 2.75) is 24.9 Å². The van der Waals surface area contributed by atoms with Crippen LogP contribution in [0.2, 0.25) is 5.02 Å². The lowest BCUT2D eigenvalue weighted by atomic mass is 9.85. The van der Waals surface area contributed by atoms with Crippen molar-refractivity contribution in [2.24, 2.45) is 0 Å². The van der Waals surface area contributed by atoms with E-state index in [0.29, 0.717) is 24.8 Å². The van der Waals surface area contributed by atoms with E-state index < -0.39 is 11.4 Å².